The quantitative estimate of drug-likeness (QED) is 0.657. The maximum Gasteiger partial charge on any atom is 0.274 e. The van der Waals surface area contributed by atoms with Crippen molar-refractivity contribution < 1.29 is 9.66 Å². The standard InChI is InChI=1S/C11H14N4O3.ClH/c1-18-11-3-2-9(6-13-11)7-14-5-4-12-10(14)8-15(16)17;/h2-3,6,8,12H,4-5,7H2,1H3;1H. The Morgan fingerprint density at radius 3 is 3.00 bits per heavy atom. The second-order valence-electron chi connectivity index (χ2n) is 3.86. The molecule has 19 heavy (non-hydrogen) atoms. The van der Waals surface area contributed by atoms with Crippen LogP contribution in [0.1, 0.15) is 5.56 Å². The zero-order chi connectivity index (χ0) is 13.0. The number of methoxy groups -OCH3 is 1. The highest BCUT2D eigenvalue weighted by Crippen LogP contribution is 2.14. The molecule has 0 radical (unpaired) electrons. The molecule has 0 aromatic carbocycles. The summed E-state index contributed by atoms with van der Waals surface area (Å²) in [6.07, 6.45) is 2.70. The molecule has 7 nitrogen and oxygen atoms in total. The fourth-order valence-electron chi connectivity index (χ4n) is 1.79. The predicted molar refractivity (Wildman–Crippen MR) is 71.5 cm³/mol. The summed E-state index contributed by atoms with van der Waals surface area (Å²) in [5.74, 6) is 1.09. The van der Waals surface area contributed by atoms with Crippen LogP contribution in [0, 0.1) is 10.1 Å². The molecule has 1 aliphatic rings. The minimum Gasteiger partial charge on any atom is -0.481 e. The Morgan fingerprint density at radius 1 is 1.63 bits per heavy atom. The van der Waals surface area contributed by atoms with E-state index in [4.69, 9.17) is 4.74 Å². The third-order valence-corrected chi connectivity index (χ3v) is 2.64. The van der Waals surface area contributed by atoms with Crippen LogP contribution in [-0.2, 0) is 6.54 Å². The van der Waals surface area contributed by atoms with Gasteiger partial charge in [-0.05, 0) is 5.56 Å². The minimum atomic E-state index is -0.451. The summed E-state index contributed by atoms with van der Waals surface area (Å²) in [6.45, 7) is 2.04. The smallest absolute Gasteiger partial charge is 0.274 e. The van der Waals surface area contributed by atoms with Gasteiger partial charge in [0.25, 0.3) is 6.20 Å². The van der Waals surface area contributed by atoms with Gasteiger partial charge in [-0.1, -0.05) is 6.07 Å². The Bertz CT molecular complexity index is 464. The van der Waals surface area contributed by atoms with Crippen molar-refractivity contribution in [2.75, 3.05) is 20.2 Å². The Hall–Kier alpha value is -2.02. The van der Waals surface area contributed by atoms with Crippen LogP contribution in [0.25, 0.3) is 0 Å². The topological polar surface area (TPSA) is 80.5 Å². The summed E-state index contributed by atoms with van der Waals surface area (Å²) >= 11 is 0. The third kappa shape index (κ3) is 3.99. The molecule has 0 amide bonds. The van der Waals surface area contributed by atoms with E-state index in [1.807, 2.05) is 11.0 Å². The Kier molecular flexibility index (Phi) is 5.37. The lowest BCUT2D eigenvalue weighted by molar-refractivity contribution is -0.404. The van der Waals surface area contributed by atoms with E-state index in [1.54, 1.807) is 19.4 Å². The molecule has 0 unspecified atom stereocenters. The number of nitrogens with zero attached hydrogens (tertiary/aromatic N) is 3. The Morgan fingerprint density at radius 2 is 2.42 bits per heavy atom. The highest BCUT2D eigenvalue weighted by molar-refractivity contribution is 5.85. The first kappa shape index (κ1) is 15.0. The number of pyridine rings is 1. The SMILES string of the molecule is COc1ccc(CN2CCNC2=C[N+](=O)[O-])cn1.Cl. The summed E-state index contributed by atoms with van der Waals surface area (Å²) < 4.78 is 4.98. The van der Waals surface area contributed by atoms with Crippen LogP contribution in [0.3, 0.4) is 0 Å². The summed E-state index contributed by atoms with van der Waals surface area (Å²) in [7, 11) is 1.56. The molecule has 1 N–H and O–H groups in total. The molecule has 1 fully saturated rings. The molecule has 8 heteroatoms. The van der Waals surface area contributed by atoms with Gasteiger partial charge in [-0.2, -0.15) is 0 Å². The highest BCUT2D eigenvalue weighted by Gasteiger charge is 2.19. The molecule has 2 rings (SSSR count). The van der Waals surface area contributed by atoms with Crippen LogP contribution in [0.4, 0.5) is 0 Å². The van der Waals surface area contributed by atoms with Crippen molar-refractivity contribution in [2.45, 2.75) is 6.54 Å². The monoisotopic (exact) mass is 286 g/mol. The summed E-state index contributed by atoms with van der Waals surface area (Å²) in [4.78, 5) is 16.0. The number of hydrogen-bond donors (Lipinski definition) is 1. The number of nitrogens with one attached hydrogen (secondary N) is 1. The summed E-state index contributed by atoms with van der Waals surface area (Å²) in [5, 5.41) is 13.5. The van der Waals surface area contributed by atoms with Crippen LogP contribution < -0.4 is 10.1 Å². The van der Waals surface area contributed by atoms with Crippen molar-refractivity contribution in [1.82, 2.24) is 15.2 Å². The van der Waals surface area contributed by atoms with E-state index in [0.29, 0.717) is 24.8 Å². The highest BCUT2D eigenvalue weighted by atomic mass is 35.5. The number of rotatable bonds is 4. The number of halogens is 1. The van der Waals surface area contributed by atoms with Gasteiger partial charge >= 0.3 is 0 Å². The van der Waals surface area contributed by atoms with Gasteiger partial charge in [0.2, 0.25) is 5.88 Å². The van der Waals surface area contributed by atoms with Gasteiger partial charge in [-0.25, -0.2) is 4.98 Å². The first-order valence-corrected chi connectivity index (χ1v) is 5.52. The predicted octanol–water partition coefficient (Wildman–Crippen LogP) is 0.993. The van der Waals surface area contributed by atoms with Gasteiger partial charge in [-0.3, -0.25) is 10.1 Å². The van der Waals surface area contributed by atoms with Crippen molar-refractivity contribution in [1.29, 1.82) is 0 Å². The molecule has 1 aromatic rings. The molecule has 1 saturated heterocycles. The molecular formula is C11H15ClN4O3. The maximum absolute atomic E-state index is 10.5. The molecule has 104 valence electrons. The van der Waals surface area contributed by atoms with E-state index in [2.05, 4.69) is 10.3 Å². The van der Waals surface area contributed by atoms with Crippen LogP contribution >= 0.6 is 12.4 Å². The Balaban J connectivity index is 0.00000180. The van der Waals surface area contributed by atoms with E-state index in [-0.39, 0.29) is 12.4 Å². The van der Waals surface area contributed by atoms with Crippen molar-refractivity contribution in [3.05, 3.63) is 46.0 Å². The van der Waals surface area contributed by atoms with E-state index in [9.17, 15) is 10.1 Å². The molecule has 1 aliphatic heterocycles. The lowest BCUT2D eigenvalue weighted by Crippen LogP contribution is -2.20. The first-order chi connectivity index (χ1) is 8.69. The third-order valence-electron chi connectivity index (χ3n) is 2.64. The number of ether oxygens (including phenoxy) is 1. The van der Waals surface area contributed by atoms with Crippen molar-refractivity contribution in [2.24, 2.45) is 0 Å². The minimum absolute atomic E-state index is 0. The first-order valence-electron chi connectivity index (χ1n) is 5.52. The fourth-order valence-corrected chi connectivity index (χ4v) is 1.79. The average Bonchev–Trinajstić information content (AvgIpc) is 2.77. The van der Waals surface area contributed by atoms with Crippen LogP contribution in [0.2, 0.25) is 0 Å². The van der Waals surface area contributed by atoms with Gasteiger partial charge in [0.15, 0.2) is 5.82 Å². The van der Waals surface area contributed by atoms with Crippen LogP contribution in [-0.4, -0.2) is 35.0 Å². The second kappa shape index (κ2) is 6.79. The number of aromatic nitrogens is 1. The lowest BCUT2D eigenvalue weighted by atomic mass is 10.2. The second-order valence-corrected chi connectivity index (χ2v) is 3.86. The molecule has 2 heterocycles. The fraction of sp³-hybridized carbons (Fsp3) is 0.364. The van der Waals surface area contributed by atoms with Crippen LogP contribution in [0.5, 0.6) is 5.88 Å². The van der Waals surface area contributed by atoms with Gasteiger partial charge in [-0.15, -0.1) is 12.4 Å². The van der Waals surface area contributed by atoms with Crippen molar-refractivity contribution >= 4 is 12.4 Å². The maximum atomic E-state index is 10.5. The molecule has 0 aliphatic carbocycles. The van der Waals surface area contributed by atoms with E-state index in [1.165, 1.54) is 0 Å². The van der Waals surface area contributed by atoms with Gasteiger partial charge in [0.05, 0.1) is 12.0 Å². The number of nitro groups is 1. The van der Waals surface area contributed by atoms with Gasteiger partial charge in [0, 0.05) is 31.9 Å². The van der Waals surface area contributed by atoms with Gasteiger partial charge in [0.1, 0.15) is 0 Å². The summed E-state index contributed by atoms with van der Waals surface area (Å²) in [6, 6.07) is 3.67. The molecular weight excluding hydrogens is 272 g/mol. The van der Waals surface area contributed by atoms with Crippen LogP contribution in [0.15, 0.2) is 30.4 Å². The Labute approximate surface area is 116 Å². The van der Waals surface area contributed by atoms with Crippen molar-refractivity contribution in [3.63, 3.8) is 0 Å². The zero-order valence-electron chi connectivity index (χ0n) is 10.4. The van der Waals surface area contributed by atoms with E-state index < -0.39 is 4.92 Å². The molecule has 0 saturated carbocycles. The number of hydrogen-bond acceptors (Lipinski definition) is 6. The average molecular weight is 287 g/mol. The normalized spacial score (nSPS) is 15.8. The largest absolute Gasteiger partial charge is 0.481 e. The molecule has 0 atom stereocenters. The molecule has 1 aromatic heterocycles. The van der Waals surface area contributed by atoms with E-state index in [0.717, 1.165) is 18.3 Å². The summed E-state index contributed by atoms with van der Waals surface area (Å²) in [5.41, 5.74) is 0.980. The zero-order valence-corrected chi connectivity index (χ0v) is 11.2. The molecule has 0 spiro atoms. The lowest BCUT2D eigenvalue weighted by Gasteiger charge is -2.16. The van der Waals surface area contributed by atoms with E-state index >= 15 is 0 Å². The molecule has 0 bridgehead atoms. The van der Waals surface area contributed by atoms with Crippen molar-refractivity contribution in [3.8, 4) is 5.88 Å². The van der Waals surface area contributed by atoms with Gasteiger partial charge < -0.3 is 15.0 Å².